The third kappa shape index (κ3) is 5.61. The fourth-order valence-corrected chi connectivity index (χ4v) is 4.59. The standard InChI is InChI=1S/C27H26N2O4S/c1-17(2)25(33-21-13-11-19(12-14-21)26(32)28-16-15-24(30)31)18-7-9-20(10-8-18)27-29-22-5-3-4-6-23(22)34-27/h3-14,17,25H,15-16H2,1-2H3,(H,28,32)(H,30,31). The number of carbonyl (C=O) groups is 2. The van der Waals surface area contributed by atoms with E-state index in [9.17, 15) is 9.59 Å². The maximum absolute atomic E-state index is 12.1. The zero-order valence-electron chi connectivity index (χ0n) is 19.0. The van der Waals surface area contributed by atoms with Crippen LogP contribution in [0.3, 0.4) is 0 Å². The lowest BCUT2D eigenvalue weighted by Gasteiger charge is -2.23. The number of carboxylic acid groups (broad SMARTS) is 1. The predicted molar refractivity (Wildman–Crippen MR) is 134 cm³/mol. The second-order valence-corrected chi connectivity index (χ2v) is 9.35. The van der Waals surface area contributed by atoms with Crippen LogP contribution in [0.2, 0.25) is 0 Å². The van der Waals surface area contributed by atoms with E-state index in [1.807, 2.05) is 18.2 Å². The Labute approximate surface area is 202 Å². The number of aromatic nitrogens is 1. The van der Waals surface area contributed by atoms with Crippen molar-refractivity contribution in [1.29, 1.82) is 0 Å². The van der Waals surface area contributed by atoms with Crippen LogP contribution in [0, 0.1) is 5.92 Å². The highest BCUT2D eigenvalue weighted by Crippen LogP contribution is 2.33. The van der Waals surface area contributed by atoms with E-state index in [-0.39, 0.29) is 30.9 Å². The van der Waals surface area contributed by atoms with Gasteiger partial charge in [0, 0.05) is 17.7 Å². The quantitative estimate of drug-likeness (QED) is 0.313. The number of ether oxygens (including phenoxy) is 1. The maximum atomic E-state index is 12.1. The monoisotopic (exact) mass is 474 g/mol. The number of carbonyl (C=O) groups excluding carboxylic acids is 1. The molecule has 7 heteroatoms. The van der Waals surface area contributed by atoms with E-state index < -0.39 is 5.97 Å². The number of nitrogens with one attached hydrogen (secondary N) is 1. The van der Waals surface area contributed by atoms with Crippen molar-refractivity contribution in [3.8, 4) is 16.3 Å². The number of carboxylic acids is 1. The Morgan fingerprint density at radius 3 is 2.35 bits per heavy atom. The van der Waals surface area contributed by atoms with Crippen molar-refractivity contribution in [2.24, 2.45) is 5.92 Å². The van der Waals surface area contributed by atoms with Gasteiger partial charge >= 0.3 is 5.97 Å². The summed E-state index contributed by atoms with van der Waals surface area (Å²) in [6.07, 6.45) is -0.263. The van der Waals surface area contributed by atoms with E-state index in [4.69, 9.17) is 14.8 Å². The van der Waals surface area contributed by atoms with E-state index in [1.54, 1.807) is 35.6 Å². The Kier molecular flexibility index (Phi) is 7.23. The molecule has 4 rings (SSSR count). The predicted octanol–water partition coefficient (Wildman–Crippen LogP) is 5.94. The highest BCUT2D eigenvalue weighted by molar-refractivity contribution is 7.21. The van der Waals surface area contributed by atoms with Crippen LogP contribution in [0.15, 0.2) is 72.8 Å². The van der Waals surface area contributed by atoms with Crippen molar-refractivity contribution in [2.45, 2.75) is 26.4 Å². The second-order valence-electron chi connectivity index (χ2n) is 8.32. The van der Waals surface area contributed by atoms with Crippen LogP contribution < -0.4 is 10.1 Å². The summed E-state index contributed by atoms with van der Waals surface area (Å²) in [6.45, 7) is 4.31. The first-order chi connectivity index (χ1) is 16.4. The first kappa shape index (κ1) is 23.4. The molecule has 1 aromatic heterocycles. The van der Waals surface area contributed by atoms with Gasteiger partial charge in [0.2, 0.25) is 0 Å². The van der Waals surface area contributed by atoms with Gasteiger partial charge in [0.15, 0.2) is 0 Å². The number of amides is 1. The maximum Gasteiger partial charge on any atom is 0.305 e. The number of aliphatic carboxylic acids is 1. The summed E-state index contributed by atoms with van der Waals surface area (Å²) in [5, 5.41) is 12.3. The lowest BCUT2D eigenvalue weighted by atomic mass is 9.98. The van der Waals surface area contributed by atoms with Crippen molar-refractivity contribution < 1.29 is 19.4 Å². The zero-order valence-corrected chi connectivity index (χ0v) is 19.8. The van der Waals surface area contributed by atoms with Gasteiger partial charge in [0.25, 0.3) is 5.91 Å². The molecular formula is C27H26N2O4S. The van der Waals surface area contributed by atoms with Gasteiger partial charge in [0.05, 0.1) is 16.6 Å². The van der Waals surface area contributed by atoms with E-state index in [1.165, 1.54) is 4.70 Å². The normalized spacial score (nSPS) is 12.0. The second kappa shape index (κ2) is 10.5. The summed E-state index contributed by atoms with van der Waals surface area (Å²) in [4.78, 5) is 27.5. The molecule has 0 aliphatic heterocycles. The molecule has 0 spiro atoms. The summed E-state index contributed by atoms with van der Waals surface area (Å²) in [7, 11) is 0. The van der Waals surface area contributed by atoms with Crippen LogP contribution in [0.5, 0.6) is 5.75 Å². The van der Waals surface area contributed by atoms with Crippen LogP contribution >= 0.6 is 11.3 Å². The first-order valence-electron chi connectivity index (χ1n) is 11.1. The van der Waals surface area contributed by atoms with Gasteiger partial charge in [-0.2, -0.15) is 0 Å². The van der Waals surface area contributed by atoms with Gasteiger partial charge in [-0.25, -0.2) is 4.98 Å². The minimum absolute atomic E-state index is 0.0921. The Hall–Kier alpha value is -3.71. The molecule has 6 nitrogen and oxygen atoms in total. The summed E-state index contributed by atoms with van der Waals surface area (Å²) < 4.78 is 7.45. The van der Waals surface area contributed by atoms with Crippen LogP contribution in [-0.4, -0.2) is 28.5 Å². The highest BCUT2D eigenvalue weighted by atomic mass is 32.1. The molecule has 2 N–H and O–H groups in total. The lowest BCUT2D eigenvalue weighted by molar-refractivity contribution is -0.136. The average molecular weight is 475 g/mol. The largest absolute Gasteiger partial charge is 0.485 e. The Balaban J connectivity index is 1.45. The number of nitrogens with zero attached hydrogens (tertiary/aromatic N) is 1. The summed E-state index contributed by atoms with van der Waals surface area (Å²) in [5.41, 5.74) is 3.61. The molecule has 1 atom stereocenters. The highest BCUT2D eigenvalue weighted by Gasteiger charge is 2.19. The summed E-state index contributed by atoms with van der Waals surface area (Å²) in [6, 6.07) is 23.3. The van der Waals surface area contributed by atoms with E-state index in [0.717, 1.165) is 21.7 Å². The molecule has 1 amide bonds. The van der Waals surface area contributed by atoms with Gasteiger partial charge in [-0.3, -0.25) is 9.59 Å². The molecule has 3 aromatic carbocycles. The van der Waals surface area contributed by atoms with Crippen molar-refractivity contribution in [2.75, 3.05) is 6.54 Å². The number of hydrogen-bond acceptors (Lipinski definition) is 5. The minimum atomic E-state index is -0.947. The molecule has 0 saturated heterocycles. The Morgan fingerprint density at radius 2 is 1.71 bits per heavy atom. The van der Waals surface area contributed by atoms with Crippen molar-refractivity contribution >= 4 is 33.4 Å². The molecule has 0 fully saturated rings. The molecular weight excluding hydrogens is 448 g/mol. The minimum Gasteiger partial charge on any atom is -0.485 e. The van der Waals surface area contributed by atoms with Crippen molar-refractivity contribution in [1.82, 2.24) is 10.3 Å². The molecule has 1 heterocycles. The topological polar surface area (TPSA) is 88.5 Å². The molecule has 174 valence electrons. The van der Waals surface area contributed by atoms with Gasteiger partial charge < -0.3 is 15.2 Å². The van der Waals surface area contributed by atoms with Gasteiger partial charge in [-0.1, -0.05) is 50.2 Å². The van der Waals surface area contributed by atoms with Crippen molar-refractivity contribution in [3.63, 3.8) is 0 Å². The van der Waals surface area contributed by atoms with Crippen LogP contribution in [-0.2, 0) is 4.79 Å². The SMILES string of the molecule is CC(C)C(Oc1ccc(C(=O)NCCC(=O)O)cc1)c1ccc(-c2nc3ccccc3s2)cc1. The fourth-order valence-electron chi connectivity index (χ4n) is 3.62. The van der Waals surface area contributed by atoms with Crippen molar-refractivity contribution in [3.05, 3.63) is 83.9 Å². The van der Waals surface area contributed by atoms with Crippen LogP contribution in [0.4, 0.5) is 0 Å². The number of fused-ring (bicyclic) bond motifs is 1. The van der Waals surface area contributed by atoms with Gasteiger partial charge in [0.1, 0.15) is 16.9 Å². The molecule has 0 aliphatic carbocycles. The van der Waals surface area contributed by atoms with Gasteiger partial charge in [-0.15, -0.1) is 11.3 Å². The number of para-hydroxylation sites is 1. The number of benzene rings is 3. The lowest BCUT2D eigenvalue weighted by Crippen LogP contribution is -2.25. The number of thiazole rings is 1. The third-order valence-electron chi connectivity index (χ3n) is 5.39. The molecule has 0 saturated carbocycles. The molecule has 4 aromatic rings. The molecule has 0 aliphatic rings. The molecule has 34 heavy (non-hydrogen) atoms. The molecule has 0 bridgehead atoms. The smallest absolute Gasteiger partial charge is 0.305 e. The fraction of sp³-hybridized carbons (Fsp3) is 0.222. The summed E-state index contributed by atoms with van der Waals surface area (Å²) >= 11 is 1.68. The first-order valence-corrected chi connectivity index (χ1v) is 11.9. The van der Waals surface area contributed by atoms with E-state index >= 15 is 0 Å². The molecule has 1 unspecified atom stereocenters. The summed E-state index contributed by atoms with van der Waals surface area (Å²) in [5.74, 6) is -0.362. The van der Waals surface area contributed by atoms with Crippen LogP contribution in [0.25, 0.3) is 20.8 Å². The molecule has 0 radical (unpaired) electrons. The third-order valence-corrected chi connectivity index (χ3v) is 6.48. The van der Waals surface area contributed by atoms with Crippen LogP contribution in [0.1, 0.15) is 42.3 Å². The average Bonchev–Trinajstić information content (AvgIpc) is 3.27. The number of rotatable bonds is 9. The Bertz CT molecular complexity index is 1250. The Morgan fingerprint density at radius 1 is 1.00 bits per heavy atom. The van der Waals surface area contributed by atoms with Gasteiger partial charge in [-0.05, 0) is 47.9 Å². The number of hydrogen-bond donors (Lipinski definition) is 2. The van der Waals surface area contributed by atoms with E-state index in [2.05, 4.69) is 49.5 Å². The van der Waals surface area contributed by atoms with E-state index in [0.29, 0.717) is 11.3 Å². The zero-order chi connectivity index (χ0) is 24.1.